The summed E-state index contributed by atoms with van der Waals surface area (Å²) in [6, 6.07) is 5.95. The minimum atomic E-state index is -0.0690. The molecule has 0 unspecified atom stereocenters. The van der Waals surface area contributed by atoms with E-state index in [0.29, 0.717) is 23.3 Å². The highest BCUT2D eigenvalue weighted by Crippen LogP contribution is 2.20. The van der Waals surface area contributed by atoms with E-state index < -0.39 is 0 Å². The van der Waals surface area contributed by atoms with Crippen molar-refractivity contribution in [3.8, 4) is 0 Å². The van der Waals surface area contributed by atoms with Gasteiger partial charge in [0.1, 0.15) is 10.8 Å². The van der Waals surface area contributed by atoms with Crippen molar-refractivity contribution in [2.75, 3.05) is 0 Å². The van der Waals surface area contributed by atoms with Crippen LogP contribution in [0.2, 0.25) is 5.15 Å². The van der Waals surface area contributed by atoms with Crippen molar-refractivity contribution < 1.29 is 4.79 Å². The Bertz CT molecular complexity index is 737. The molecule has 1 saturated carbocycles. The Morgan fingerprint density at radius 1 is 1.29 bits per heavy atom. The molecule has 2 aromatic rings. The molecular weight excluding hydrogens is 322 g/mol. The number of nitrogens with zero attached hydrogens (tertiary/aromatic N) is 2. The van der Waals surface area contributed by atoms with Crippen LogP contribution in [0.4, 0.5) is 0 Å². The number of nitrogens with one attached hydrogen (secondary N) is 1. The van der Waals surface area contributed by atoms with E-state index in [4.69, 9.17) is 11.6 Å². The van der Waals surface area contributed by atoms with Crippen LogP contribution < -0.4 is 5.32 Å². The molecule has 24 heavy (non-hydrogen) atoms. The number of carbonyl (C=O) groups excluding carboxylic acids is 1. The van der Waals surface area contributed by atoms with Crippen LogP contribution in [-0.4, -0.2) is 21.9 Å². The number of halogens is 1. The second-order valence-corrected chi connectivity index (χ2v) is 6.89. The highest BCUT2D eigenvalue weighted by Gasteiger charge is 2.19. The summed E-state index contributed by atoms with van der Waals surface area (Å²) in [7, 11) is 0. The molecule has 0 aliphatic heterocycles. The fourth-order valence-corrected chi connectivity index (χ4v) is 3.27. The van der Waals surface area contributed by atoms with Gasteiger partial charge in [-0.15, -0.1) is 0 Å². The van der Waals surface area contributed by atoms with Gasteiger partial charge in [-0.1, -0.05) is 30.5 Å². The minimum Gasteiger partial charge on any atom is -0.348 e. The zero-order valence-corrected chi connectivity index (χ0v) is 14.9. The van der Waals surface area contributed by atoms with E-state index in [1.807, 2.05) is 26.0 Å². The maximum atomic E-state index is 12.5. The Kier molecular flexibility index (Phi) is 5.14. The Morgan fingerprint density at radius 2 is 2.04 bits per heavy atom. The normalized spacial score (nSPS) is 14.8. The fourth-order valence-electron chi connectivity index (χ4n) is 3.16. The summed E-state index contributed by atoms with van der Waals surface area (Å²) in [6.45, 7) is 3.99. The van der Waals surface area contributed by atoms with Gasteiger partial charge in [-0.3, -0.25) is 4.79 Å². The SMILES string of the molecule is Cc1nc(C(=O)NC2CCCC2)cc(Cc2ccc(Cl)nc2)c1C. The lowest BCUT2D eigenvalue weighted by Gasteiger charge is -2.14. The molecule has 5 heteroatoms. The second kappa shape index (κ2) is 7.31. The lowest BCUT2D eigenvalue weighted by atomic mass is 10.00. The predicted octanol–water partition coefficient (Wildman–Crippen LogP) is 4.01. The van der Waals surface area contributed by atoms with Crippen LogP contribution in [0.25, 0.3) is 0 Å². The number of pyridine rings is 2. The van der Waals surface area contributed by atoms with Crippen LogP contribution in [0, 0.1) is 13.8 Å². The summed E-state index contributed by atoms with van der Waals surface area (Å²) < 4.78 is 0. The monoisotopic (exact) mass is 343 g/mol. The maximum absolute atomic E-state index is 12.5. The molecule has 0 radical (unpaired) electrons. The lowest BCUT2D eigenvalue weighted by molar-refractivity contribution is 0.0932. The van der Waals surface area contributed by atoms with E-state index in [0.717, 1.165) is 35.2 Å². The molecular formula is C19H22ClN3O. The first-order valence-electron chi connectivity index (χ1n) is 8.41. The standard InChI is InChI=1S/C19H22ClN3O/c1-12-13(2)22-17(19(24)23-16-5-3-4-6-16)10-15(12)9-14-7-8-18(20)21-11-14/h7-8,10-11,16H,3-6,9H2,1-2H3,(H,23,24). The van der Waals surface area contributed by atoms with Crippen molar-refractivity contribution in [1.29, 1.82) is 0 Å². The van der Waals surface area contributed by atoms with Gasteiger partial charge >= 0.3 is 0 Å². The molecule has 4 nitrogen and oxygen atoms in total. The summed E-state index contributed by atoms with van der Waals surface area (Å²) >= 11 is 5.84. The molecule has 1 aliphatic rings. The molecule has 2 aromatic heterocycles. The smallest absolute Gasteiger partial charge is 0.270 e. The number of rotatable bonds is 4. The zero-order chi connectivity index (χ0) is 17.1. The summed E-state index contributed by atoms with van der Waals surface area (Å²) in [5.41, 5.74) is 4.67. The van der Waals surface area contributed by atoms with Gasteiger partial charge in [-0.2, -0.15) is 0 Å². The van der Waals surface area contributed by atoms with Gasteiger partial charge < -0.3 is 5.32 Å². The van der Waals surface area contributed by atoms with Crippen molar-refractivity contribution in [3.05, 3.63) is 57.6 Å². The van der Waals surface area contributed by atoms with E-state index >= 15 is 0 Å². The molecule has 0 bridgehead atoms. The third-order valence-electron chi connectivity index (χ3n) is 4.73. The average Bonchev–Trinajstić information content (AvgIpc) is 3.06. The quantitative estimate of drug-likeness (QED) is 0.853. The molecule has 2 heterocycles. The number of hydrogen-bond acceptors (Lipinski definition) is 3. The van der Waals surface area contributed by atoms with E-state index in [1.165, 1.54) is 12.8 Å². The minimum absolute atomic E-state index is 0.0690. The van der Waals surface area contributed by atoms with Gasteiger partial charge in [0.05, 0.1) is 0 Å². The van der Waals surface area contributed by atoms with Gasteiger partial charge in [-0.05, 0) is 61.9 Å². The van der Waals surface area contributed by atoms with Crippen LogP contribution in [-0.2, 0) is 6.42 Å². The van der Waals surface area contributed by atoms with Crippen LogP contribution in [0.3, 0.4) is 0 Å². The molecule has 0 spiro atoms. The third kappa shape index (κ3) is 3.93. The van der Waals surface area contributed by atoms with E-state index in [1.54, 1.807) is 12.3 Å². The third-order valence-corrected chi connectivity index (χ3v) is 4.95. The molecule has 1 N–H and O–H groups in total. The van der Waals surface area contributed by atoms with E-state index in [2.05, 4.69) is 15.3 Å². The average molecular weight is 344 g/mol. The summed E-state index contributed by atoms with van der Waals surface area (Å²) in [4.78, 5) is 21.1. The zero-order valence-electron chi connectivity index (χ0n) is 14.1. The molecule has 0 aromatic carbocycles. The Morgan fingerprint density at radius 3 is 2.71 bits per heavy atom. The first-order valence-corrected chi connectivity index (χ1v) is 8.79. The van der Waals surface area contributed by atoms with Crippen molar-refractivity contribution in [2.24, 2.45) is 0 Å². The van der Waals surface area contributed by atoms with E-state index in [9.17, 15) is 4.79 Å². The Balaban J connectivity index is 1.82. The number of carbonyl (C=O) groups is 1. The predicted molar refractivity (Wildman–Crippen MR) is 95.5 cm³/mol. The maximum Gasteiger partial charge on any atom is 0.270 e. The fraction of sp³-hybridized carbons (Fsp3) is 0.421. The molecule has 1 fully saturated rings. The molecule has 3 rings (SSSR count). The van der Waals surface area contributed by atoms with Crippen molar-refractivity contribution in [1.82, 2.24) is 15.3 Å². The van der Waals surface area contributed by atoms with Crippen LogP contribution in [0.1, 0.15) is 58.6 Å². The van der Waals surface area contributed by atoms with Gasteiger partial charge in [-0.25, -0.2) is 9.97 Å². The van der Waals surface area contributed by atoms with Crippen molar-refractivity contribution >= 4 is 17.5 Å². The van der Waals surface area contributed by atoms with Crippen LogP contribution in [0.5, 0.6) is 0 Å². The van der Waals surface area contributed by atoms with Crippen LogP contribution in [0.15, 0.2) is 24.4 Å². The Hall–Kier alpha value is -1.94. The topological polar surface area (TPSA) is 54.9 Å². The summed E-state index contributed by atoms with van der Waals surface area (Å²) in [6.07, 6.45) is 7.01. The molecule has 126 valence electrons. The van der Waals surface area contributed by atoms with Crippen molar-refractivity contribution in [2.45, 2.75) is 52.0 Å². The number of aryl methyl sites for hydroxylation is 1. The highest BCUT2D eigenvalue weighted by atomic mass is 35.5. The lowest BCUT2D eigenvalue weighted by Crippen LogP contribution is -2.33. The summed E-state index contributed by atoms with van der Waals surface area (Å²) in [5, 5.41) is 3.59. The second-order valence-electron chi connectivity index (χ2n) is 6.50. The first kappa shape index (κ1) is 16.9. The largest absolute Gasteiger partial charge is 0.348 e. The van der Waals surface area contributed by atoms with Gasteiger partial charge in [0.15, 0.2) is 0 Å². The van der Waals surface area contributed by atoms with Crippen molar-refractivity contribution in [3.63, 3.8) is 0 Å². The van der Waals surface area contributed by atoms with Gasteiger partial charge in [0.25, 0.3) is 5.91 Å². The number of amides is 1. The molecule has 1 amide bonds. The van der Waals surface area contributed by atoms with E-state index in [-0.39, 0.29) is 5.91 Å². The van der Waals surface area contributed by atoms with Gasteiger partial charge in [0.2, 0.25) is 0 Å². The Labute approximate surface area is 147 Å². The molecule has 0 atom stereocenters. The highest BCUT2D eigenvalue weighted by molar-refractivity contribution is 6.29. The summed E-state index contributed by atoms with van der Waals surface area (Å²) in [5.74, 6) is -0.0690. The number of hydrogen-bond donors (Lipinski definition) is 1. The molecule has 0 saturated heterocycles. The number of aromatic nitrogens is 2. The van der Waals surface area contributed by atoms with Crippen LogP contribution >= 0.6 is 11.6 Å². The first-order chi connectivity index (χ1) is 11.5. The van der Waals surface area contributed by atoms with Gasteiger partial charge in [0, 0.05) is 17.9 Å². The molecule has 1 aliphatic carbocycles.